The molecule has 3 N–H and O–H groups in total. The summed E-state index contributed by atoms with van der Waals surface area (Å²) < 4.78 is 5.14. The van der Waals surface area contributed by atoms with Gasteiger partial charge in [-0.05, 0) is 57.2 Å². The first-order valence-corrected chi connectivity index (χ1v) is 7.86. The third kappa shape index (κ3) is 5.90. The predicted molar refractivity (Wildman–Crippen MR) is 95.5 cm³/mol. The topological polar surface area (TPSA) is 109 Å². The zero-order chi connectivity index (χ0) is 19.2. The predicted octanol–water partition coefficient (Wildman–Crippen LogP) is 2.50. The molecule has 0 bridgehead atoms. The number of nitrogens with zero attached hydrogens (tertiary/aromatic N) is 1. The standard InChI is InChI=1S/C18H20N4O4/c1-18(2,3)26-17(25)20-13-9-7-12(8-10-13)15(23)21-22-16(24)14-6-4-5-11-19-14/h4-11H,1-3H3,(H,20,25)(H,21,23)(H,22,24). The number of carbonyl (C=O) groups is 3. The van der Waals surface area contributed by atoms with Crippen LogP contribution in [0.2, 0.25) is 0 Å². The molecule has 0 radical (unpaired) electrons. The molecule has 0 aliphatic carbocycles. The van der Waals surface area contributed by atoms with E-state index in [2.05, 4.69) is 21.2 Å². The Labute approximate surface area is 150 Å². The van der Waals surface area contributed by atoms with E-state index in [1.807, 2.05) is 0 Å². The minimum Gasteiger partial charge on any atom is -0.444 e. The molecule has 1 aromatic carbocycles. The fourth-order valence-electron chi connectivity index (χ4n) is 1.87. The first kappa shape index (κ1) is 18.9. The first-order chi connectivity index (χ1) is 12.2. The van der Waals surface area contributed by atoms with Crippen molar-refractivity contribution in [2.24, 2.45) is 0 Å². The number of hydrazine groups is 1. The van der Waals surface area contributed by atoms with E-state index >= 15 is 0 Å². The number of pyridine rings is 1. The largest absolute Gasteiger partial charge is 0.444 e. The van der Waals surface area contributed by atoms with Gasteiger partial charge in [0.05, 0.1) is 0 Å². The summed E-state index contributed by atoms with van der Waals surface area (Å²) in [5.74, 6) is -1.03. The molecule has 0 atom stereocenters. The van der Waals surface area contributed by atoms with Gasteiger partial charge in [0.25, 0.3) is 11.8 Å². The fraction of sp³-hybridized carbons (Fsp3) is 0.222. The highest BCUT2D eigenvalue weighted by Crippen LogP contribution is 2.13. The van der Waals surface area contributed by atoms with Gasteiger partial charge in [-0.2, -0.15) is 0 Å². The minimum absolute atomic E-state index is 0.185. The Bertz CT molecular complexity index is 783. The van der Waals surface area contributed by atoms with Gasteiger partial charge in [-0.3, -0.25) is 30.7 Å². The fourth-order valence-corrected chi connectivity index (χ4v) is 1.87. The second kappa shape index (κ2) is 8.11. The third-order valence-electron chi connectivity index (χ3n) is 2.98. The molecule has 3 amide bonds. The van der Waals surface area contributed by atoms with Crippen LogP contribution in [-0.2, 0) is 4.74 Å². The van der Waals surface area contributed by atoms with Crippen molar-refractivity contribution in [2.45, 2.75) is 26.4 Å². The lowest BCUT2D eigenvalue weighted by Gasteiger charge is -2.19. The molecule has 0 unspecified atom stereocenters. The van der Waals surface area contributed by atoms with Gasteiger partial charge in [-0.25, -0.2) is 4.79 Å². The number of hydrogen-bond donors (Lipinski definition) is 3. The van der Waals surface area contributed by atoms with Crippen LogP contribution in [0, 0.1) is 0 Å². The van der Waals surface area contributed by atoms with Gasteiger partial charge >= 0.3 is 6.09 Å². The Morgan fingerprint density at radius 3 is 2.15 bits per heavy atom. The van der Waals surface area contributed by atoms with Gasteiger partial charge in [-0.15, -0.1) is 0 Å². The molecule has 0 aliphatic rings. The van der Waals surface area contributed by atoms with Crippen molar-refractivity contribution in [3.63, 3.8) is 0 Å². The molecule has 0 saturated heterocycles. The first-order valence-electron chi connectivity index (χ1n) is 7.86. The summed E-state index contributed by atoms with van der Waals surface area (Å²) in [4.78, 5) is 39.4. The average molecular weight is 356 g/mol. The van der Waals surface area contributed by atoms with Gasteiger partial charge in [0.1, 0.15) is 11.3 Å². The van der Waals surface area contributed by atoms with Crippen molar-refractivity contribution in [1.29, 1.82) is 0 Å². The van der Waals surface area contributed by atoms with Crippen molar-refractivity contribution in [2.75, 3.05) is 5.32 Å². The Balaban J connectivity index is 1.88. The highest BCUT2D eigenvalue weighted by molar-refractivity contribution is 5.98. The van der Waals surface area contributed by atoms with E-state index in [1.165, 1.54) is 24.4 Å². The number of ether oxygens (including phenoxy) is 1. The second-order valence-corrected chi connectivity index (χ2v) is 6.33. The Kier molecular flexibility index (Phi) is 5.90. The highest BCUT2D eigenvalue weighted by atomic mass is 16.6. The van der Waals surface area contributed by atoms with Crippen LogP contribution >= 0.6 is 0 Å². The summed E-state index contributed by atoms with van der Waals surface area (Å²) in [7, 11) is 0. The maximum atomic E-state index is 12.0. The molecule has 0 aliphatic heterocycles. The minimum atomic E-state index is -0.601. The second-order valence-electron chi connectivity index (χ2n) is 6.33. The molecule has 0 fully saturated rings. The third-order valence-corrected chi connectivity index (χ3v) is 2.98. The molecule has 0 spiro atoms. The van der Waals surface area contributed by atoms with E-state index in [0.29, 0.717) is 11.3 Å². The lowest BCUT2D eigenvalue weighted by molar-refractivity contribution is 0.0635. The summed E-state index contributed by atoms with van der Waals surface area (Å²) in [6, 6.07) is 11.0. The van der Waals surface area contributed by atoms with Crippen LogP contribution in [0.3, 0.4) is 0 Å². The highest BCUT2D eigenvalue weighted by Gasteiger charge is 2.16. The lowest BCUT2D eigenvalue weighted by Crippen LogP contribution is -2.41. The summed E-state index contributed by atoms with van der Waals surface area (Å²) >= 11 is 0. The number of hydrogen-bond acceptors (Lipinski definition) is 5. The van der Waals surface area contributed by atoms with Gasteiger partial charge < -0.3 is 4.74 Å². The molecule has 2 rings (SSSR count). The van der Waals surface area contributed by atoms with E-state index in [0.717, 1.165) is 0 Å². The van der Waals surface area contributed by atoms with Gasteiger partial charge in [-0.1, -0.05) is 6.07 Å². The molecular weight excluding hydrogens is 336 g/mol. The van der Waals surface area contributed by atoms with Crippen LogP contribution in [0.4, 0.5) is 10.5 Å². The van der Waals surface area contributed by atoms with Crippen molar-refractivity contribution in [3.8, 4) is 0 Å². The number of anilines is 1. The molecule has 26 heavy (non-hydrogen) atoms. The molecule has 1 heterocycles. The summed E-state index contributed by atoms with van der Waals surface area (Å²) in [5.41, 5.74) is 4.95. The van der Waals surface area contributed by atoms with Crippen LogP contribution < -0.4 is 16.2 Å². The number of nitrogens with one attached hydrogen (secondary N) is 3. The molecule has 8 nitrogen and oxygen atoms in total. The Morgan fingerprint density at radius 1 is 0.923 bits per heavy atom. The maximum Gasteiger partial charge on any atom is 0.412 e. The van der Waals surface area contributed by atoms with Crippen molar-refractivity contribution in [3.05, 3.63) is 59.9 Å². The van der Waals surface area contributed by atoms with Crippen LogP contribution in [0.15, 0.2) is 48.7 Å². The van der Waals surface area contributed by atoms with Crippen LogP contribution in [0.1, 0.15) is 41.6 Å². The molecule has 2 aromatic rings. The van der Waals surface area contributed by atoms with Gasteiger partial charge in [0.15, 0.2) is 0 Å². The maximum absolute atomic E-state index is 12.0. The summed E-state index contributed by atoms with van der Waals surface area (Å²) in [6.07, 6.45) is 0.893. The molecule has 0 saturated carbocycles. The van der Waals surface area contributed by atoms with E-state index in [4.69, 9.17) is 4.74 Å². The number of amides is 3. The lowest BCUT2D eigenvalue weighted by atomic mass is 10.2. The quantitative estimate of drug-likeness (QED) is 0.732. The summed E-state index contributed by atoms with van der Waals surface area (Å²) in [5, 5.41) is 2.57. The summed E-state index contributed by atoms with van der Waals surface area (Å²) in [6.45, 7) is 5.29. The SMILES string of the molecule is CC(C)(C)OC(=O)Nc1ccc(C(=O)NNC(=O)c2ccccn2)cc1. The monoisotopic (exact) mass is 356 g/mol. The molecule has 136 valence electrons. The van der Waals surface area contributed by atoms with Gasteiger partial charge in [0, 0.05) is 17.4 Å². The Morgan fingerprint density at radius 2 is 1.58 bits per heavy atom. The van der Waals surface area contributed by atoms with Crippen LogP contribution in [0.5, 0.6) is 0 Å². The number of rotatable bonds is 3. The molecular formula is C18H20N4O4. The zero-order valence-electron chi connectivity index (χ0n) is 14.7. The molecule has 8 heteroatoms. The van der Waals surface area contributed by atoms with E-state index in [1.54, 1.807) is 45.0 Å². The zero-order valence-corrected chi connectivity index (χ0v) is 14.7. The average Bonchev–Trinajstić information content (AvgIpc) is 2.59. The number of aromatic nitrogens is 1. The normalized spacial score (nSPS) is 10.6. The van der Waals surface area contributed by atoms with Crippen LogP contribution in [0.25, 0.3) is 0 Å². The number of carbonyl (C=O) groups excluding carboxylic acids is 3. The number of benzene rings is 1. The van der Waals surface area contributed by atoms with E-state index in [9.17, 15) is 14.4 Å². The molecule has 1 aromatic heterocycles. The van der Waals surface area contributed by atoms with Crippen molar-refractivity contribution in [1.82, 2.24) is 15.8 Å². The van der Waals surface area contributed by atoms with Crippen LogP contribution in [-0.4, -0.2) is 28.5 Å². The Hall–Kier alpha value is -3.42. The van der Waals surface area contributed by atoms with Gasteiger partial charge in [0.2, 0.25) is 0 Å². The van der Waals surface area contributed by atoms with E-state index in [-0.39, 0.29) is 5.69 Å². The van der Waals surface area contributed by atoms with E-state index < -0.39 is 23.5 Å². The smallest absolute Gasteiger partial charge is 0.412 e. The van der Waals surface area contributed by atoms with Crippen molar-refractivity contribution >= 4 is 23.6 Å². The van der Waals surface area contributed by atoms with Crippen molar-refractivity contribution < 1.29 is 19.1 Å².